The molecule has 1 aromatic heterocycles. The van der Waals surface area contributed by atoms with Crippen molar-refractivity contribution in [1.29, 1.82) is 0 Å². The van der Waals surface area contributed by atoms with Crippen molar-refractivity contribution in [3.63, 3.8) is 0 Å². The minimum Gasteiger partial charge on any atom is -0.396 e. The highest BCUT2D eigenvalue weighted by molar-refractivity contribution is 5.62. The average molecular weight is 221 g/mol. The second-order valence-electron chi connectivity index (χ2n) is 4.18. The topological polar surface area (TPSA) is 51.4 Å². The molecule has 0 spiro atoms. The van der Waals surface area contributed by atoms with Crippen molar-refractivity contribution >= 4 is 11.5 Å². The van der Waals surface area contributed by atoms with Gasteiger partial charge in [-0.05, 0) is 25.5 Å². The first-order chi connectivity index (χ1) is 7.81. The van der Waals surface area contributed by atoms with Crippen molar-refractivity contribution in [2.24, 2.45) is 5.92 Å². The molecule has 4 nitrogen and oxygen atoms in total. The molecule has 0 aromatic carbocycles. The van der Waals surface area contributed by atoms with Gasteiger partial charge in [0.1, 0.15) is 0 Å². The number of aromatic nitrogens is 1. The Bertz CT molecular complexity index is 343. The Morgan fingerprint density at radius 2 is 2.50 bits per heavy atom. The zero-order chi connectivity index (χ0) is 11.4. The molecule has 0 saturated carbocycles. The summed E-state index contributed by atoms with van der Waals surface area (Å²) in [6.07, 6.45) is 2.96. The zero-order valence-corrected chi connectivity index (χ0v) is 9.72. The van der Waals surface area contributed by atoms with Crippen LogP contribution in [0, 0.1) is 5.92 Å². The lowest BCUT2D eigenvalue weighted by atomic mass is 10.1. The van der Waals surface area contributed by atoms with Crippen LogP contribution in [0.3, 0.4) is 0 Å². The Hall–Kier alpha value is -1.29. The summed E-state index contributed by atoms with van der Waals surface area (Å²) >= 11 is 0. The highest BCUT2D eigenvalue weighted by Gasteiger charge is 2.24. The van der Waals surface area contributed by atoms with Gasteiger partial charge in [-0.3, -0.25) is 0 Å². The van der Waals surface area contributed by atoms with E-state index < -0.39 is 0 Å². The fraction of sp³-hybridized carbons (Fsp3) is 0.583. The van der Waals surface area contributed by atoms with E-state index in [9.17, 15) is 0 Å². The van der Waals surface area contributed by atoms with E-state index in [-0.39, 0.29) is 0 Å². The summed E-state index contributed by atoms with van der Waals surface area (Å²) in [4.78, 5) is 6.58. The molecule has 0 aliphatic carbocycles. The van der Waals surface area contributed by atoms with E-state index in [0.717, 1.165) is 44.2 Å². The first-order valence-corrected chi connectivity index (χ1v) is 5.84. The Labute approximate surface area is 96.4 Å². The number of hydrogen-bond acceptors (Lipinski definition) is 4. The van der Waals surface area contributed by atoms with E-state index in [0.29, 0.717) is 5.92 Å². The van der Waals surface area contributed by atoms with E-state index in [1.54, 1.807) is 6.20 Å². The van der Waals surface area contributed by atoms with E-state index in [4.69, 9.17) is 10.5 Å². The Kier molecular flexibility index (Phi) is 3.62. The van der Waals surface area contributed by atoms with Crippen molar-refractivity contribution in [1.82, 2.24) is 4.98 Å². The van der Waals surface area contributed by atoms with Crippen molar-refractivity contribution < 1.29 is 4.74 Å². The third kappa shape index (κ3) is 2.44. The van der Waals surface area contributed by atoms with Crippen LogP contribution in [0.25, 0.3) is 0 Å². The lowest BCUT2D eigenvalue weighted by Gasteiger charge is -2.18. The normalized spacial score (nSPS) is 20.3. The SMILES string of the molecule is CCOC[C@@H]1CCN(c2ncccc2N)C1. The van der Waals surface area contributed by atoms with Gasteiger partial charge in [-0.15, -0.1) is 0 Å². The smallest absolute Gasteiger partial charge is 0.151 e. The summed E-state index contributed by atoms with van der Waals surface area (Å²) in [7, 11) is 0. The number of nitrogens with zero attached hydrogens (tertiary/aromatic N) is 2. The van der Waals surface area contributed by atoms with Crippen LogP contribution in [0.15, 0.2) is 18.3 Å². The van der Waals surface area contributed by atoms with Gasteiger partial charge < -0.3 is 15.4 Å². The van der Waals surface area contributed by atoms with Crippen LogP contribution in [0.1, 0.15) is 13.3 Å². The molecule has 2 N–H and O–H groups in total. The number of nitrogens with two attached hydrogens (primary N) is 1. The molecule has 2 heterocycles. The molecule has 1 saturated heterocycles. The third-order valence-electron chi connectivity index (χ3n) is 2.96. The molecule has 1 atom stereocenters. The van der Waals surface area contributed by atoms with Crippen molar-refractivity contribution in [3.05, 3.63) is 18.3 Å². The number of nitrogen functional groups attached to an aromatic ring is 1. The summed E-state index contributed by atoms with van der Waals surface area (Å²) in [6, 6.07) is 3.77. The van der Waals surface area contributed by atoms with Crippen molar-refractivity contribution in [2.75, 3.05) is 36.9 Å². The van der Waals surface area contributed by atoms with Crippen molar-refractivity contribution in [2.45, 2.75) is 13.3 Å². The lowest BCUT2D eigenvalue weighted by molar-refractivity contribution is 0.117. The van der Waals surface area contributed by atoms with Crippen LogP contribution < -0.4 is 10.6 Å². The maximum absolute atomic E-state index is 5.91. The predicted molar refractivity (Wildman–Crippen MR) is 65.5 cm³/mol. The third-order valence-corrected chi connectivity index (χ3v) is 2.96. The summed E-state index contributed by atoms with van der Waals surface area (Å²) < 4.78 is 5.45. The predicted octanol–water partition coefficient (Wildman–Crippen LogP) is 1.53. The van der Waals surface area contributed by atoms with Gasteiger partial charge in [-0.1, -0.05) is 0 Å². The maximum atomic E-state index is 5.91. The number of rotatable bonds is 4. The number of pyridine rings is 1. The molecular weight excluding hydrogens is 202 g/mol. The first kappa shape index (κ1) is 11.2. The number of hydrogen-bond donors (Lipinski definition) is 1. The standard InChI is InChI=1S/C12H19N3O/c1-2-16-9-10-5-7-15(8-10)12-11(13)4-3-6-14-12/h3-4,6,10H,2,5,7-9,13H2,1H3/t10-/m1/s1. The zero-order valence-electron chi connectivity index (χ0n) is 9.72. The first-order valence-electron chi connectivity index (χ1n) is 5.84. The molecule has 0 amide bonds. The summed E-state index contributed by atoms with van der Waals surface area (Å²) in [5.41, 5.74) is 6.67. The Morgan fingerprint density at radius 1 is 1.62 bits per heavy atom. The molecule has 0 bridgehead atoms. The van der Waals surface area contributed by atoms with E-state index in [1.165, 1.54) is 0 Å². The summed E-state index contributed by atoms with van der Waals surface area (Å²) in [5, 5.41) is 0. The van der Waals surface area contributed by atoms with Gasteiger partial charge in [0.25, 0.3) is 0 Å². The molecule has 2 rings (SSSR count). The second-order valence-corrected chi connectivity index (χ2v) is 4.18. The average Bonchev–Trinajstić information content (AvgIpc) is 2.75. The molecule has 1 aliphatic heterocycles. The van der Waals surface area contributed by atoms with E-state index in [2.05, 4.69) is 9.88 Å². The number of ether oxygens (including phenoxy) is 1. The number of anilines is 2. The largest absolute Gasteiger partial charge is 0.396 e. The van der Waals surface area contributed by atoms with Crippen LogP contribution in [0.4, 0.5) is 11.5 Å². The Morgan fingerprint density at radius 3 is 3.25 bits per heavy atom. The highest BCUT2D eigenvalue weighted by Crippen LogP contribution is 2.26. The van der Waals surface area contributed by atoms with E-state index >= 15 is 0 Å². The molecule has 88 valence electrons. The molecule has 4 heteroatoms. The van der Waals surface area contributed by atoms with Crippen molar-refractivity contribution in [3.8, 4) is 0 Å². The second kappa shape index (κ2) is 5.16. The monoisotopic (exact) mass is 221 g/mol. The highest BCUT2D eigenvalue weighted by atomic mass is 16.5. The molecule has 1 fully saturated rings. The summed E-state index contributed by atoms with van der Waals surface area (Å²) in [6.45, 7) is 5.70. The lowest BCUT2D eigenvalue weighted by Crippen LogP contribution is -2.23. The fourth-order valence-corrected chi connectivity index (χ4v) is 2.12. The fourth-order valence-electron chi connectivity index (χ4n) is 2.12. The molecule has 0 radical (unpaired) electrons. The van der Waals surface area contributed by atoms with Gasteiger partial charge in [0.2, 0.25) is 0 Å². The van der Waals surface area contributed by atoms with Gasteiger partial charge >= 0.3 is 0 Å². The molecular formula is C12H19N3O. The molecule has 0 unspecified atom stereocenters. The molecule has 1 aliphatic rings. The van der Waals surface area contributed by atoms with Crippen LogP contribution >= 0.6 is 0 Å². The van der Waals surface area contributed by atoms with Gasteiger partial charge in [0, 0.05) is 31.8 Å². The van der Waals surface area contributed by atoms with Gasteiger partial charge in [-0.2, -0.15) is 0 Å². The maximum Gasteiger partial charge on any atom is 0.151 e. The van der Waals surface area contributed by atoms with Crippen LogP contribution in [-0.4, -0.2) is 31.3 Å². The molecule has 16 heavy (non-hydrogen) atoms. The van der Waals surface area contributed by atoms with Crippen LogP contribution in [-0.2, 0) is 4.74 Å². The van der Waals surface area contributed by atoms with Crippen LogP contribution in [0.2, 0.25) is 0 Å². The Balaban J connectivity index is 1.96. The summed E-state index contributed by atoms with van der Waals surface area (Å²) in [5.74, 6) is 1.53. The van der Waals surface area contributed by atoms with E-state index in [1.807, 2.05) is 19.1 Å². The van der Waals surface area contributed by atoms with Gasteiger partial charge in [0.05, 0.1) is 12.3 Å². The van der Waals surface area contributed by atoms with Crippen LogP contribution in [0.5, 0.6) is 0 Å². The van der Waals surface area contributed by atoms with Gasteiger partial charge in [0.15, 0.2) is 5.82 Å². The molecule has 1 aromatic rings. The minimum absolute atomic E-state index is 0.612. The minimum atomic E-state index is 0.612. The van der Waals surface area contributed by atoms with Gasteiger partial charge in [-0.25, -0.2) is 4.98 Å². The quantitative estimate of drug-likeness (QED) is 0.837.